The maximum absolute atomic E-state index is 11.7. The highest BCUT2D eigenvalue weighted by atomic mass is 16.4. The number of anilines is 1. The Hall–Kier alpha value is -1.89. The number of carbonyl (C=O) groups is 1. The molecule has 0 bridgehead atoms. The smallest absolute Gasteiger partial charge is 0.320 e. The molecule has 0 spiro atoms. The van der Waals surface area contributed by atoms with E-state index in [1.807, 2.05) is 4.90 Å². The molecular formula is C14H20N4O3. The first-order chi connectivity index (χ1) is 10.0. The Balaban J connectivity index is 1.69. The minimum atomic E-state index is -0.797. The molecule has 1 saturated carbocycles. The van der Waals surface area contributed by atoms with Gasteiger partial charge in [-0.25, -0.2) is 4.98 Å². The fraction of sp³-hybridized carbons (Fsp3) is 0.643. The first-order valence-electron chi connectivity index (χ1n) is 7.37. The van der Waals surface area contributed by atoms with E-state index in [0.717, 1.165) is 18.7 Å². The average Bonchev–Trinajstić information content (AvgIpc) is 3.30. The summed E-state index contributed by atoms with van der Waals surface area (Å²) in [6.45, 7) is 4.42. The number of H-pyrrole nitrogens is 1. The van der Waals surface area contributed by atoms with Crippen LogP contribution in [-0.2, 0) is 4.79 Å². The largest absolute Gasteiger partial charge is 0.480 e. The molecule has 2 aliphatic rings. The Morgan fingerprint density at radius 2 is 2.05 bits per heavy atom. The van der Waals surface area contributed by atoms with Crippen molar-refractivity contribution in [1.29, 1.82) is 0 Å². The number of hydrogen-bond acceptors (Lipinski definition) is 5. The lowest BCUT2D eigenvalue weighted by molar-refractivity contribution is -0.142. The number of nitrogens with one attached hydrogen (secondary N) is 1. The van der Waals surface area contributed by atoms with Crippen LogP contribution in [0.4, 0.5) is 5.82 Å². The van der Waals surface area contributed by atoms with Crippen LogP contribution in [0.2, 0.25) is 0 Å². The van der Waals surface area contributed by atoms with Crippen molar-refractivity contribution in [1.82, 2.24) is 14.9 Å². The Kier molecular flexibility index (Phi) is 3.67. The minimum Gasteiger partial charge on any atom is -0.480 e. The summed E-state index contributed by atoms with van der Waals surface area (Å²) in [5, 5.41) is 9.04. The summed E-state index contributed by atoms with van der Waals surface area (Å²) in [7, 11) is 0. The van der Waals surface area contributed by atoms with Gasteiger partial charge in [0, 0.05) is 38.2 Å². The Morgan fingerprint density at radius 3 is 2.62 bits per heavy atom. The van der Waals surface area contributed by atoms with Crippen molar-refractivity contribution in [2.75, 3.05) is 31.1 Å². The summed E-state index contributed by atoms with van der Waals surface area (Å²) < 4.78 is 0. The number of aromatic nitrogens is 2. The normalized spacial score (nSPS) is 21.3. The lowest BCUT2D eigenvalue weighted by Crippen LogP contribution is -2.52. The number of carboxylic acid groups (broad SMARTS) is 1. The van der Waals surface area contributed by atoms with Gasteiger partial charge in [0.2, 0.25) is 0 Å². The minimum absolute atomic E-state index is 0.108. The molecule has 0 radical (unpaired) electrons. The van der Waals surface area contributed by atoms with E-state index in [4.69, 9.17) is 5.11 Å². The van der Waals surface area contributed by atoms with Gasteiger partial charge in [-0.15, -0.1) is 0 Å². The van der Waals surface area contributed by atoms with Crippen LogP contribution in [0.5, 0.6) is 0 Å². The van der Waals surface area contributed by atoms with E-state index in [1.165, 1.54) is 6.07 Å². The molecule has 2 N–H and O–H groups in total. The summed E-state index contributed by atoms with van der Waals surface area (Å²) in [6, 6.07) is 1.06. The highest BCUT2D eigenvalue weighted by Gasteiger charge is 2.29. The fourth-order valence-electron chi connectivity index (χ4n) is 2.67. The molecule has 0 amide bonds. The van der Waals surface area contributed by atoms with Crippen molar-refractivity contribution in [2.45, 2.75) is 31.7 Å². The molecule has 21 heavy (non-hydrogen) atoms. The van der Waals surface area contributed by atoms with E-state index in [2.05, 4.69) is 14.9 Å². The number of carboxylic acids is 1. The highest BCUT2D eigenvalue weighted by Crippen LogP contribution is 2.37. The second-order valence-electron chi connectivity index (χ2n) is 5.80. The molecule has 0 aromatic carbocycles. The summed E-state index contributed by atoms with van der Waals surface area (Å²) in [5.41, 5.74) is -0.108. The van der Waals surface area contributed by atoms with Crippen molar-refractivity contribution in [3.8, 4) is 0 Å². The fourth-order valence-corrected chi connectivity index (χ4v) is 2.67. The summed E-state index contributed by atoms with van der Waals surface area (Å²) in [6.07, 6.45) is 2.19. The van der Waals surface area contributed by atoms with Gasteiger partial charge in [-0.2, -0.15) is 0 Å². The first kappa shape index (κ1) is 14.1. The maximum Gasteiger partial charge on any atom is 0.320 e. The van der Waals surface area contributed by atoms with Crippen LogP contribution in [0.15, 0.2) is 10.9 Å². The van der Waals surface area contributed by atoms with E-state index in [1.54, 1.807) is 6.92 Å². The first-order valence-corrected chi connectivity index (χ1v) is 7.37. The van der Waals surface area contributed by atoms with Crippen LogP contribution < -0.4 is 10.5 Å². The van der Waals surface area contributed by atoms with Gasteiger partial charge in [-0.05, 0) is 19.8 Å². The topological polar surface area (TPSA) is 89.5 Å². The van der Waals surface area contributed by atoms with Crippen LogP contribution in [0, 0.1) is 0 Å². The highest BCUT2D eigenvalue weighted by molar-refractivity contribution is 5.72. The third-order valence-corrected chi connectivity index (χ3v) is 4.25. The Morgan fingerprint density at radius 1 is 1.38 bits per heavy atom. The van der Waals surface area contributed by atoms with E-state index in [9.17, 15) is 9.59 Å². The lowest BCUT2D eigenvalue weighted by Gasteiger charge is -2.37. The van der Waals surface area contributed by atoms with Crippen LogP contribution in [0.3, 0.4) is 0 Å². The molecular weight excluding hydrogens is 272 g/mol. The molecule has 2 heterocycles. The molecule has 1 aromatic heterocycles. The van der Waals surface area contributed by atoms with Crippen molar-refractivity contribution in [3.05, 3.63) is 22.2 Å². The quantitative estimate of drug-likeness (QED) is 0.826. The predicted octanol–water partition coefficient (Wildman–Crippen LogP) is 0.242. The SMILES string of the molecule is CC(C(=O)O)N1CCN(c2cc(=O)[nH]c(C3CC3)n2)CC1. The van der Waals surface area contributed by atoms with E-state index in [-0.39, 0.29) is 5.56 Å². The maximum atomic E-state index is 11.7. The number of nitrogens with zero attached hydrogens (tertiary/aromatic N) is 3. The average molecular weight is 292 g/mol. The van der Waals surface area contributed by atoms with Gasteiger partial charge in [-0.3, -0.25) is 14.5 Å². The van der Waals surface area contributed by atoms with E-state index in [0.29, 0.717) is 37.9 Å². The van der Waals surface area contributed by atoms with Gasteiger partial charge in [-0.1, -0.05) is 0 Å². The molecule has 1 aliphatic heterocycles. The van der Waals surface area contributed by atoms with Crippen LogP contribution in [0.1, 0.15) is 31.5 Å². The monoisotopic (exact) mass is 292 g/mol. The zero-order valence-electron chi connectivity index (χ0n) is 12.1. The molecule has 1 unspecified atom stereocenters. The second kappa shape index (κ2) is 5.48. The molecule has 1 aromatic rings. The lowest BCUT2D eigenvalue weighted by atomic mass is 10.2. The number of aromatic amines is 1. The van der Waals surface area contributed by atoms with Crippen LogP contribution in [0.25, 0.3) is 0 Å². The third-order valence-electron chi connectivity index (χ3n) is 4.25. The summed E-state index contributed by atoms with van der Waals surface area (Å²) in [5.74, 6) is 1.11. The standard InChI is InChI=1S/C14H20N4O3/c1-9(14(20)21)17-4-6-18(7-5-17)11-8-12(19)16-13(15-11)10-2-3-10/h8-10H,2-7H2,1H3,(H,20,21)(H,15,16,19). The van der Waals surface area contributed by atoms with Crippen LogP contribution in [-0.4, -0.2) is 58.2 Å². The number of aliphatic carboxylic acids is 1. The zero-order valence-corrected chi connectivity index (χ0v) is 12.1. The van der Waals surface area contributed by atoms with Gasteiger partial charge in [0.15, 0.2) is 0 Å². The van der Waals surface area contributed by atoms with Crippen molar-refractivity contribution in [2.24, 2.45) is 0 Å². The summed E-state index contributed by atoms with van der Waals surface area (Å²) in [4.78, 5) is 34.1. The molecule has 1 aliphatic carbocycles. The van der Waals surface area contributed by atoms with E-state index < -0.39 is 12.0 Å². The summed E-state index contributed by atoms with van der Waals surface area (Å²) >= 11 is 0. The van der Waals surface area contributed by atoms with Gasteiger partial charge in [0.1, 0.15) is 17.7 Å². The van der Waals surface area contributed by atoms with Gasteiger partial charge < -0.3 is 15.0 Å². The zero-order chi connectivity index (χ0) is 15.0. The van der Waals surface area contributed by atoms with Gasteiger partial charge >= 0.3 is 5.97 Å². The molecule has 1 atom stereocenters. The van der Waals surface area contributed by atoms with Crippen molar-refractivity contribution < 1.29 is 9.90 Å². The number of piperazine rings is 1. The third kappa shape index (κ3) is 3.07. The number of hydrogen-bond donors (Lipinski definition) is 2. The molecule has 1 saturated heterocycles. The molecule has 114 valence electrons. The Bertz CT molecular complexity index is 588. The molecule has 7 nitrogen and oxygen atoms in total. The second-order valence-corrected chi connectivity index (χ2v) is 5.80. The molecule has 2 fully saturated rings. The van der Waals surface area contributed by atoms with Gasteiger partial charge in [0.25, 0.3) is 5.56 Å². The Labute approximate surface area is 122 Å². The van der Waals surface area contributed by atoms with Crippen LogP contribution >= 0.6 is 0 Å². The molecule has 3 rings (SSSR count). The van der Waals surface area contributed by atoms with E-state index >= 15 is 0 Å². The van der Waals surface area contributed by atoms with Crippen molar-refractivity contribution in [3.63, 3.8) is 0 Å². The molecule has 7 heteroatoms. The number of rotatable bonds is 4. The van der Waals surface area contributed by atoms with Crippen molar-refractivity contribution >= 4 is 11.8 Å². The predicted molar refractivity (Wildman–Crippen MR) is 77.7 cm³/mol. The van der Waals surface area contributed by atoms with Gasteiger partial charge in [0.05, 0.1) is 0 Å².